The molecule has 2 aromatic heterocycles. The molecule has 0 bridgehead atoms. The van der Waals surface area contributed by atoms with Gasteiger partial charge in [0.15, 0.2) is 0 Å². The summed E-state index contributed by atoms with van der Waals surface area (Å²) in [6.07, 6.45) is 3.31. The average Bonchev–Trinajstić information content (AvgIpc) is 3.20. The molecule has 0 saturated carbocycles. The fourth-order valence-electron chi connectivity index (χ4n) is 3.08. The van der Waals surface area contributed by atoms with Crippen molar-refractivity contribution in [2.45, 2.75) is 10.1 Å². The second-order valence-corrected chi connectivity index (χ2v) is 9.47. The van der Waals surface area contributed by atoms with Crippen molar-refractivity contribution in [2.75, 3.05) is 31.9 Å². The van der Waals surface area contributed by atoms with E-state index in [9.17, 15) is 23.3 Å². The van der Waals surface area contributed by atoms with Gasteiger partial charge in [0.05, 0.1) is 15.6 Å². The van der Waals surface area contributed by atoms with E-state index in [2.05, 4.69) is 15.1 Å². The normalized spacial score (nSPS) is 15.3. The van der Waals surface area contributed by atoms with Gasteiger partial charge in [-0.3, -0.25) is 14.9 Å². The maximum Gasteiger partial charge on any atom is 0.270 e. The van der Waals surface area contributed by atoms with Crippen molar-refractivity contribution < 1.29 is 18.1 Å². The molecule has 0 spiro atoms. The summed E-state index contributed by atoms with van der Waals surface area (Å²) in [7, 11) is -3.88. The van der Waals surface area contributed by atoms with Gasteiger partial charge in [-0.05, 0) is 12.1 Å². The predicted molar refractivity (Wildman–Crippen MR) is 110 cm³/mol. The minimum absolute atomic E-state index is 0.109. The van der Waals surface area contributed by atoms with Gasteiger partial charge in [-0.2, -0.15) is 9.29 Å². The zero-order chi connectivity index (χ0) is 22.0. The summed E-state index contributed by atoms with van der Waals surface area (Å²) < 4.78 is 28.4. The van der Waals surface area contributed by atoms with Crippen LogP contribution in [0.1, 0.15) is 0 Å². The lowest BCUT2D eigenvalue weighted by Gasteiger charge is -2.33. The van der Waals surface area contributed by atoms with E-state index in [0.29, 0.717) is 10.9 Å². The molecule has 0 N–H and O–H groups in total. The molecular formula is C17H17N7O5S2. The zero-order valence-electron chi connectivity index (χ0n) is 16.1. The van der Waals surface area contributed by atoms with Gasteiger partial charge in [0, 0.05) is 50.7 Å². The molecule has 0 aliphatic carbocycles. The second-order valence-electron chi connectivity index (χ2n) is 6.59. The summed E-state index contributed by atoms with van der Waals surface area (Å²) in [5.41, 5.74) is -0.289. The predicted octanol–water partition coefficient (Wildman–Crippen LogP) is 0.658. The number of thioether (sulfide) groups is 1. The SMILES string of the molecule is O=C(CSc1nc2ncccn2n1)N1CCN(S(=O)(=O)c2cccc([N+](=O)[O-])c2)CC1. The molecule has 0 atom stereocenters. The number of nitro groups is 1. The number of rotatable bonds is 6. The highest BCUT2D eigenvalue weighted by molar-refractivity contribution is 7.99. The standard InChI is InChI=1S/C17H17N7O5S2/c25-15(12-30-17-19-16-18-5-2-6-23(16)20-17)21-7-9-22(10-8-21)31(28,29)14-4-1-3-13(11-14)24(26)27/h1-6,11H,7-10,12H2. The van der Waals surface area contributed by atoms with E-state index in [0.717, 1.165) is 6.07 Å². The summed E-state index contributed by atoms with van der Waals surface area (Å²) in [5, 5.41) is 15.6. The van der Waals surface area contributed by atoms with Crippen molar-refractivity contribution in [1.82, 2.24) is 28.8 Å². The fraction of sp³-hybridized carbons (Fsp3) is 0.294. The molecule has 14 heteroatoms. The van der Waals surface area contributed by atoms with Crippen molar-refractivity contribution in [3.05, 3.63) is 52.8 Å². The van der Waals surface area contributed by atoms with Crippen molar-refractivity contribution in [3.8, 4) is 0 Å². The Labute approximate surface area is 181 Å². The minimum atomic E-state index is -3.88. The number of benzene rings is 1. The molecule has 1 aromatic carbocycles. The first-order valence-electron chi connectivity index (χ1n) is 9.17. The Kier molecular flexibility index (Phi) is 5.84. The fourth-order valence-corrected chi connectivity index (χ4v) is 5.27. The highest BCUT2D eigenvalue weighted by atomic mass is 32.2. The third kappa shape index (κ3) is 4.50. The number of non-ortho nitro benzene ring substituents is 1. The average molecular weight is 464 g/mol. The van der Waals surface area contributed by atoms with Crippen LogP contribution >= 0.6 is 11.8 Å². The van der Waals surface area contributed by atoms with Crippen LogP contribution in [0.25, 0.3) is 5.78 Å². The second kappa shape index (κ2) is 8.56. The van der Waals surface area contributed by atoms with Gasteiger partial charge in [0.25, 0.3) is 11.5 Å². The Balaban J connectivity index is 1.34. The number of nitrogens with zero attached hydrogens (tertiary/aromatic N) is 7. The number of nitro benzene ring substituents is 1. The van der Waals surface area contributed by atoms with Gasteiger partial charge in [-0.15, -0.1) is 5.10 Å². The topological polar surface area (TPSA) is 144 Å². The van der Waals surface area contributed by atoms with Crippen LogP contribution in [0.3, 0.4) is 0 Å². The molecule has 1 aliphatic heterocycles. The van der Waals surface area contributed by atoms with Crippen LogP contribution in [0.2, 0.25) is 0 Å². The van der Waals surface area contributed by atoms with E-state index < -0.39 is 14.9 Å². The van der Waals surface area contributed by atoms with Crippen LogP contribution in [0.4, 0.5) is 5.69 Å². The van der Waals surface area contributed by atoms with E-state index in [1.54, 1.807) is 23.4 Å². The van der Waals surface area contributed by atoms with E-state index in [1.165, 1.54) is 38.8 Å². The molecule has 1 saturated heterocycles. The molecule has 31 heavy (non-hydrogen) atoms. The van der Waals surface area contributed by atoms with E-state index >= 15 is 0 Å². The van der Waals surface area contributed by atoms with E-state index in [1.807, 2.05) is 0 Å². The van der Waals surface area contributed by atoms with E-state index in [-0.39, 0.29) is 48.4 Å². The summed E-state index contributed by atoms with van der Waals surface area (Å²) in [6, 6.07) is 6.67. The molecule has 4 rings (SSSR count). The Morgan fingerprint density at radius 1 is 1.19 bits per heavy atom. The number of carbonyl (C=O) groups is 1. The highest BCUT2D eigenvalue weighted by Gasteiger charge is 2.31. The molecule has 12 nitrogen and oxygen atoms in total. The van der Waals surface area contributed by atoms with Crippen molar-refractivity contribution >= 4 is 39.2 Å². The smallest absolute Gasteiger partial charge is 0.270 e. The zero-order valence-corrected chi connectivity index (χ0v) is 17.7. The Morgan fingerprint density at radius 3 is 2.68 bits per heavy atom. The maximum atomic E-state index is 12.8. The number of fused-ring (bicyclic) bond motifs is 1. The van der Waals surface area contributed by atoms with Gasteiger partial charge < -0.3 is 4.90 Å². The molecule has 1 amide bonds. The summed E-state index contributed by atoms with van der Waals surface area (Å²) in [6.45, 7) is 0.678. The first kappa shape index (κ1) is 21.1. The third-order valence-electron chi connectivity index (χ3n) is 4.68. The highest BCUT2D eigenvalue weighted by Crippen LogP contribution is 2.22. The van der Waals surface area contributed by atoms with Gasteiger partial charge >= 0.3 is 0 Å². The number of amides is 1. The minimum Gasteiger partial charge on any atom is -0.339 e. The van der Waals surface area contributed by atoms with Crippen LogP contribution in [0, 0.1) is 10.1 Å². The molecular weight excluding hydrogens is 446 g/mol. The summed E-state index contributed by atoms with van der Waals surface area (Å²) in [4.78, 5) is 32.5. The van der Waals surface area contributed by atoms with E-state index in [4.69, 9.17) is 0 Å². The van der Waals surface area contributed by atoms with Crippen molar-refractivity contribution in [3.63, 3.8) is 0 Å². The van der Waals surface area contributed by atoms with Gasteiger partial charge in [-0.25, -0.2) is 17.9 Å². The van der Waals surface area contributed by atoms with Gasteiger partial charge in [-0.1, -0.05) is 17.8 Å². The monoisotopic (exact) mass is 463 g/mol. The number of carbonyl (C=O) groups excluding carboxylic acids is 1. The van der Waals surface area contributed by atoms with Crippen molar-refractivity contribution in [1.29, 1.82) is 0 Å². The van der Waals surface area contributed by atoms with Crippen LogP contribution in [0.5, 0.6) is 0 Å². The number of piperazine rings is 1. The third-order valence-corrected chi connectivity index (χ3v) is 7.40. The molecule has 3 heterocycles. The molecule has 0 radical (unpaired) electrons. The first-order valence-corrected chi connectivity index (χ1v) is 11.6. The van der Waals surface area contributed by atoms with Crippen LogP contribution in [0.15, 0.2) is 52.8 Å². The van der Waals surface area contributed by atoms with Crippen molar-refractivity contribution in [2.24, 2.45) is 0 Å². The lowest BCUT2D eigenvalue weighted by atomic mass is 10.3. The summed E-state index contributed by atoms with van der Waals surface area (Å²) >= 11 is 1.19. The summed E-state index contributed by atoms with van der Waals surface area (Å²) in [5.74, 6) is 0.413. The first-order chi connectivity index (χ1) is 14.8. The largest absolute Gasteiger partial charge is 0.339 e. The van der Waals surface area contributed by atoms with Gasteiger partial charge in [0.2, 0.25) is 21.1 Å². The van der Waals surface area contributed by atoms with Crippen LogP contribution in [-0.2, 0) is 14.8 Å². The Bertz CT molecular complexity index is 1210. The Morgan fingerprint density at radius 2 is 1.97 bits per heavy atom. The number of hydrogen-bond donors (Lipinski definition) is 0. The maximum absolute atomic E-state index is 12.8. The number of hydrogen-bond acceptors (Lipinski definition) is 9. The lowest BCUT2D eigenvalue weighted by Crippen LogP contribution is -2.50. The molecule has 3 aromatic rings. The van der Waals surface area contributed by atoms with Crippen LogP contribution < -0.4 is 0 Å². The molecule has 1 aliphatic rings. The molecule has 162 valence electrons. The quantitative estimate of drug-likeness (QED) is 0.292. The molecule has 1 fully saturated rings. The Hall–Kier alpha value is -3.10. The lowest BCUT2D eigenvalue weighted by molar-refractivity contribution is -0.385. The van der Waals surface area contributed by atoms with Crippen LogP contribution in [-0.4, -0.2) is 80.0 Å². The number of sulfonamides is 1. The molecule has 0 unspecified atom stereocenters. The van der Waals surface area contributed by atoms with Gasteiger partial charge in [0.1, 0.15) is 0 Å². The number of aromatic nitrogens is 4.